The lowest BCUT2D eigenvalue weighted by Gasteiger charge is -2.17. The molecule has 30 heavy (non-hydrogen) atoms. The van der Waals surface area contributed by atoms with E-state index < -0.39 is 5.25 Å². The van der Waals surface area contributed by atoms with E-state index in [9.17, 15) is 9.59 Å². The second-order valence-electron chi connectivity index (χ2n) is 6.32. The van der Waals surface area contributed by atoms with E-state index in [0.29, 0.717) is 29.9 Å². The Hall–Kier alpha value is -2.40. The summed E-state index contributed by atoms with van der Waals surface area (Å²) in [5.74, 6) is 6.94. The van der Waals surface area contributed by atoms with Gasteiger partial charge in [-0.3, -0.25) is 9.59 Å². The summed E-state index contributed by atoms with van der Waals surface area (Å²) < 4.78 is 6.44. The molecule has 0 fully saturated rings. The lowest BCUT2D eigenvalue weighted by Crippen LogP contribution is -2.32. The van der Waals surface area contributed by atoms with Crippen molar-refractivity contribution < 1.29 is 14.3 Å². The van der Waals surface area contributed by atoms with Crippen LogP contribution in [0, 0.1) is 0 Å². The average molecular weight is 453 g/mol. The summed E-state index contributed by atoms with van der Waals surface area (Å²) in [6.45, 7) is 7.39. The summed E-state index contributed by atoms with van der Waals surface area (Å²) in [5, 5.41) is 11.4. The maximum absolute atomic E-state index is 12.4. The van der Waals surface area contributed by atoms with E-state index in [0.717, 1.165) is 11.3 Å². The molecule has 2 aromatic rings. The van der Waals surface area contributed by atoms with Gasteiger partial charge in [0.25, 0.3) is 0 Å². The number of carbonyl (C=O) groups excluding carboxylic acids is 2. The third-order valence-electron chi connectivity index (χ3n) is 4.35. The minimum atomic E-state index is -0.412. The molecule has 0 spiro atoms. The van der Waals surface area contributed by atoms with Crippen LogP contribution < -0.4 is 15.9 Å². The molecule has 1 aromatic heterocycles. The van der Waals surface area contributed by atoms with E-state index in [1.54, 1.807) is 18.9 Å². The van der Waals surface area contributed by atoms with Gasteiger partial charge in [-0.05, 0) is 38.5 Å². The first kappa shape index (κ1) is 23.9. The zero-order valence-corrected chi connectivity index (χ0v) is 19.3. The van der Waals surface area contributed by atoms with Crippen molar-refractivity contribution in [2.24, 2.45) is 0 Å². The number of nitrogens with zero attached hydrogens (tertiary/aromatic N) is 4. The minimum Gasteiger partial charge on any atom is -0.497 e. The number of nitrogen functional groups attached to an aromatic ring is 1. The highest BCUT2D eigenvalue weighted by atomic mass is 32.2. The average Bonchev–Trinajstić information content (AvgIpc) is 3.10. The number of amides is 2. The van der Waals surface area contributed by atoms with Crippen LogP contribution in [0.25, 0.3) is 0 Å². The van der Waals surface area contributed by atoms with Gasteiger partial charge in [0.2, 0.25) is 22.1 Å². The molecule has 2 rings (SSSR count). The number of aromatic nitrogens is 3. The van der Waals surface area contributed by atoms with Gasteiger partial charge in [-0.25, -0.2) is 4.68 Å². The van der Waals surface area contributed by atoms with E-state index in [2.05, 4.69) is 15.5 Å². The number of thioether (sulfide) groups is 2. The number of hydrogen-bond donors (Lipinski definition) is 2. The first-order valence-electron chi connectivity index (χ1n) is 9.57. The fourth-order valence-electron chi connectivity index (χ4n) is 2.52. The summed E-state index contributed by atoms with van der Waals surface area (Å²) in [7, 11) is 1.61. The number of benzene rings is 1. The fraction of sp³-hybridized carbons (Fsp3) is 0.474. The predicted octanol–water partition coefficient (Wildman–Crippen LogP) is 1.76. The zero-order valence-electron chi connectivity index (χ0n) is 17.6. The number of ether oxygens (including phenoxy) is 1. The highest BCUT2D eigenvalue weighted by molar-refractivity contribution is 8.00. The summed E-state index contributed by atoms with van der Waals surface area (Å²) >= 11 is 2.44. The maximum atomic E-state index is 12.4. The standard InChI is InChI=1S/C19H28N6O3S2/c1-5-24(6-2)16(26)12-29-18-22-23-19(25(18)20)30-13(3)17(27)21-11-14-7-9-15(28-4)10-8-14/h7-10,13H,5-6,11-12,20H2,1-4H3,(H,21,27). The molecular weight excluding hydrogens is 424 g/mol. The van der Waals surface area contributed by atoms with Gasteiger partial charge in [-0.1, -0.05) is 35.7 Å². The maximum Gasteiger partial charge on any atom is 0.233 e. The molecule has 0 radical (unpaired) electrons. The molecule has 0 saturated heterocycles. The van der Waals surface area contributed by atoms with Gasteiger partial charge in [0.1, 0.15) is 5.75 Å². The van der Waals surface area contributed by atoms with E-state index in [1.807, 2.05) is 38.1 Å². The van der Waals surface area contributed by atoms with Crippen LogP contribution in [0.4, 0.5) is 0 Å². The molecule has 11 heteroatoms. The number of carbonyl (C=O) groups is 2. The smallest absolute Gasteiger partial charge is 0.233 e. The zero-order chi connectivity index (χ0) is 22.1. The largest absolute Gasteiger partial charge is 0.497 e. The molecule has 164 valence electrons. The van der Waals surface area contributed by atoms with Crippen LogP contribution in [0.5, 0.6) is 5.75 Å². The van der Waals surface area contributed by atoms with E-state index in [4.69, 9.17) is 10.6 Å². The third kappa shape index (κ3) is 6.56. The Morgan fingerprint density at radius 1 is 1.20 bits per heavy atom. The molecular formula is C19H28N6O3S2. The van der Waals surface area contributed by atoms with Gasteiger partial charge in [0.15, 0.2) is 0 Å². The summed E-state index contributed by atoms with van der Waals surface area (Å²) in [6, 6.07) is 7.49. The second-order valence-corrected chi connectivity index (χ2v) is 8.57. The molecule has 9 nitrogen and oxygen atoms in total. The first-order valence-corrected chi connectivity index (χ1v) is 11.4. The lowest BCUT2D eigenvalue weighted by atomic mass is 10.2. The quantitative estimate of drug-likeness (QED) is 0.391. The monoisotopic (exact) mass is 452 g/mol. The number of methoxy groups -OCH3 is 1. The van der Waals surface area contributed by atoms with Gasteiger partial charge in [-0.15, -0.1) is 10.2 Å². The van der Waals surface area contributed by atoms with Crippen LogP contribution >= 0.6 is 23.5 Å². The molecule has 1 atom stereocenters. The van der Waals surface area contributed by atoms with E-state index in [-0.39, 0.29) is 17.6 Å². The Morgan fingerprint density at radius 2 is 1.83 bits per heavy atom. The van der Waals surface area contributed by atoms with Crippen LogP contribution in [0.1, 0.15) is 26.3 Å². The molecule has 1 heterocycles. The van der Waals surface area contributed by atoms with Gasteiger partial charge in [0, 0.05) is 19.6 Å². The van der Waals surface area contributed by atoms with Crippen LogP contribution in [0.2, 0.25) is 0 Å². The van der Waals surface area contributed by atoms with Gasteiger partial charge >= 0.3 is 0 Å². The van der Waals surface area contributed by atoms with Gasteiger partial charge in [0.05, 0.1) is 18.1 Å². The van der Waals surface area contributed by atoms with Crippen LogP contribution in [-0.4, -0.2) is 62.8 Å². The van der Waals surface area contributed by atoms with Crippen LogP contribution in [-0.2, 0) is 16.1 Å². The third-order valence-corrected chi connectivity index (χ3v) is 6.34. The normalized spacial score (nSPS) is 11.7. The highest BCUT2D eigenvalue weighted by Gasteiger charge is 2.20. The molecule has 1 aromatic carbocycles. The van der Waals surface area contributed by atoms with Crippen molar-refractivity contribution in [3.05, 3.63) is 29.8 Å². The molecule has 0 aliphatic carbocycles. The Morgan fingerprint density at radius 3 is 2.43 bits per heavy atom. The SMILES string of the molecule is CCN(CC)C(=O)CSc1nnc(SC(C)C(=O)NCc2ccc(OC)cc2)n1N. The molecule has 0 saturated carbocycles. The van der Waals surface area contributed by atoms with Crippen molar-refractivity contribution in [3.8, 4) is 5.75 Å². The second kappa shape index (κ2) is 11.7. The van der Waals surface area contributed by atoms with Crippen molar-refractivity contribution in [3.63, 3.8) is 0 Å². The Bertz CT molecular complexity index is 839. The number of rotatable bonds is 11. The van der Waals surface area contributed by atoms with Crippen molar-refractivity contribution in [1.82, 2.24) is 25.1 Å². The molecule has 2 amide bonds. The Balaban J connectivity index is 1.86. The van der Waals surface area contributed by atoms with Gasteiger partial charge in [-0.2, -0.15) is 0 Å². The van der Waals surface area contributed by atoms with E-state index in [1.165, 1.54) is 28.2 Å². The molecule has 3 N–H and O–H groups in total. The topological polar surface area (TPSA) is 115 Å². The summed E-state index contributed by atoms with van der Waals surface area (Å²) in [5.41, 5.74) is 0.972. The molecule has 0 aliphatic heterocycles. The number of nitrogens with two attached hydrogens (primary N) is 1. The van der Waals surface area contributed by atoms with Gasteiger partial charge < -0.3 is 20.8 Å². The van der Waals surface area contributed by atoms with E-state index >= 15 is 0 Å². The van der Waals surface area contributed by atoms with Crippen LogP contribution in [0.3, 0.4) is 0 Å². The first-order chi connectivity index (χ1) is 14.4. The number of nitrogens with one attached hydrogen (secondary N) is 1. The molecule has 1 unspecified atom stereocenters. The predicted molar refractivity (Wildman–Crippen MR) is 119 cm³/mol. The van der Waals surface area contributed by atoms with Crippen molar-refractivity contribution in [2.75, 3.05) is 31.8 Å². The fourth-order valence-corrected chi connectivity index (χ4v) is 4.14. The Kier molecular flexibility index (Phi) is 9.31. The lowest BCUT2D eigenvalue weighted by molar-refractivity contribution is -0.128. The molecule has 0 bridgehead atoms. The van der Waals surface area contributed by atoms with Crippen molar-refractivity contribution in [2.45, 2.75) is 42.9 Å². The minimum absolute atomic E-state index is 0.0217. The molecule has 0 aliphatic rings. The highest BCUT2D eigenvalue weighted by Crippen LogP contribution is 2.24. The van der Waals surface area contributed by atoms with Crippen molar-refractivity contribution >= 4 is 35.3 Å². The Labute approximate surface area is 185 Å². The summed E-state index contributed by atoms with van der Waals surface area (Å²) in [6.07, 6.45) is 0. The number of hydrogen-bond acceptors (Lipinski definition) is 8. The van der Waals surface area contributed by atoms with Crippen molar-refractivity contribution in [1.29, 1.82) is 0 Å². The van der Waals surface area contributed by atoms with Crippen LogP contribution in [0.15, 0.2) is 34.6 Å². The summed E-state index contributed by atoms with van der Waals surface area (Å²) in [4.78, 5) is 26.3.